The lowest BCUT2D eigenvalue weighted by Crippen LogP contribution is -2.12. The zero-order chi connectivity index (χ0) is 17.7. The van der Waals surface area contributed by atoms with Crippen LogP contribution in [0.2, 0.25) is 10.0 Å². The van der Waals surface area contributed by atoms with Crippen molar-refractivity contribution in [1.29, 1.82) is 0 Å². The van der Waals surface area contributed by atoms with Gasteiger partial charge in [0, 0.05) is 10.9 Å². The highest BCUT2D eigenvalue weighted by Gasteiger charge is 2.15. The van der Waals surface area contributed by atoms with Crippen molar-refractivity contribution in [3.63, 3.8) is 0 Å². The van der Waals surface area contributed by atoms with Gasteiger partial charge >= 0.3 is 5.97 Å². The molecule has 1 heterocycles. The zero-order valence-corrected chi connectivity index (χ0v) is 15.2. The molecule has 1 aromatic heterocycles. The molecule has 0 bridgehead atoms. The third-order valence-corrected chi connectivity index (χ3v) is 4.24. The maximum atomic E-state index is 12.3. The van der Waals surface area contributed by atoms with Gasteiger partial charge in [0.15, 0.2) is 10.9 Å². The Morgan fingerprint density at radius 2 is 1.96 bits per heavy atom. The normalized spacial score (nSPS) is 10.3. The summed E-state index contributed by atoms with van der Waals surface area (Å²) in [6, 6.07) is 2.91. The smallest absolute Gasteiger partial charge is 0.311 e. The predicted molar refractivity (Wildman–Crippen MR) is 93.4 cm³/mol. The molecule has 1 amide bonds. The van der Waals surface area contributed by atoms with Gasteiger partial charge in [-0.05, 0) is 19.1 Å². The summed E-state index contributed by atoms with van der Waals surface area (Å²) in [5, 5.41) is 5.15. The number of esters is 1. The summed E-state index contributed by atoms with van der Waals surface area (Å²) in [7, 11) is 1.44. The van der Waals surface area contributed by atoms with E-state index in [0.29, 0.717) is 23.2 Å². The molecule has 9 heteroatoms. The largest absolute Gasteiger partial charge is 0.494 e. The van der Waals surface area contributed by atoms with Gasteiger partial charge in [-0.1, -0.05) is 23.2 Å². The van der Waals surface area contributed by atoms with Crippen molar-refractivity contribution in [2.45, 2.75) is 13.3 Å². The number of methoxy groups -OCH3 is 1. The van der Waals surface area contributed by atoms with E-state index < -0.39 is 5.91 Å². The molecular formula is C15H14Cl2N2O4S. The van der Waals surface area contributed by atoms with Gasteiger partial charge in [-0.3, -0.25) is 14.9 Å². The third-order valence-electron chi connectivity index (χ3n) is 2.87. The molecule has 24 heavy (non-hydrogen) atoms. The molecular weight excluding hydrogens is 375 g/mol. The standard InChI is InChI=1S/C15H14Cl2N2O4S/c1-3-23-12(20)6-9-7-24-15(18-9)19-14(21)8-4-10(16)13(22-2)11(17)5-8/h4-5,7H,3,6H2,1-2H3,(H,18,19,21). The highest BCUT2D eigenvalue weighted by Crippen LogP contribution is 2.34. The first-order valence-electron chi connectivity index (χ1n) is 6.89. The number of nitrogens with one attached hydrogen (secondary N) is 1. The summed E-state index contributed by atoms with van der Waals surface area (Å²) in [6.45, 7) is 2.04. The van der Waals surface area contributed by atoms with Crippen LogP contribution in [0.25, 0.3) is 0 Å². The Morgan fingerprint density at radius 1 is 1.29 bits per heavy atom. The number of rotatable bonds is 6. The van der Waals surface area contributed by atoms with Crippen LogP contribution in [0, 0.1) is 0 Å². The number of benzene rings is 1. The number of hydrogen-bond acceptors (Lipinski definition) is 6. The van der Waals surface area contributed by atoms with E-state index >= 15 is 0 Å². The molecule has 0 unspecified atom stereocenters. The van der Waals surface area contributed by atoms with Crippen LogP contribution in [0.1, 0.15) is 23.0 Å². The highest BCUT2D eigenvalue weighted by molar-refractivity contribution is 7.14. The van der Waals surface area contributed by atoms with Crippen LogP contribution in [0.5, 0.6) is 5.75 Å². The molecule has 0 saturated carbocycles. The minimum absolute atomic E-state index is 0.0560. The van der Waals surface area contributed by atoms with Crippen molar-refractivity contribution in [3.05, 3.63) is 38.8 Å². The molecule has 0 aliphatic carbocycles. The molecule has 0 aliphatic heterocycles. The Bertz CT molecular complexity index is 741. The van der Waals surface area contributed by atoms with Crippen LogP contribution >= 0.6 is 34.5 Å². The molecule has 6 nitrogen and oxygen atoms in total. The summed E-state index contributed by atoms with van der Waals surface area (Å²) >= 11 is 13.2. The second kappa shape index (κ2) is 8.32. The number of carbonyl (C=O) groups excluding carboxylic acids is 2. The maximum absolute atomic E-state index is 12.3. The third kappa shape index (κ3) is 4.59. The van der Waals surface area contributed by atoms with Crippen LogP contribution in [-0.2, 0) is 16.0 Å². The van der Waals surface area contributed by atoms with Crippen molar-refractivity contribution in [3.8, 4) is 5.75 Å². The molecule has 0 saturated heterocycles. The Labute approximate surface area is 152 Å². The van der Waals surface area contributed by atoms with E-state index in [1.807, 2.05) is 0 Å². The second-order valence-corrected chi connectivity index (χ2v) is 6.23. The summed E-state index contributed by atoms with van der Waals surface area (Å²) in [6.07, 6.45) is 0.0560. The van der Waals surface area contributed by atoms with Crippen LogP contribution < -0.4 is 10.1 Å². The van der Waals surface area contributed by atoms with E-state index in [4.69, 9.17) is 32.7 Å². The van der Waals surface area contributed by atoms with Gasteiger partial charge in [0.05, 0.1) is 35.9 Å². The van der Waals surface area contributed by atoms with E-state index in [0.717, 1.165) is 0 Å². The maximum Gasteiger partial charge on any atom is 0.311 e. The number of halogens is 2. The Hall–Kier alpha value is -1.83. The van der Waals surface area contributed by atoms with Crippen LogP contribution in [0.15, 0.2) is 17.5 Å². The first kappa shape index (κ1) is 18.5. The second-order valence-electron chi connectivity index (χ2n) is 4.55. The lowest BCUT2D eigenvalue weighted by atomic mass is 10.2. The van der Waals surface area contributed by atoms with Gasteiger partial charge < -0.3 is 9.47 Å². The van der Waals surface area contributed by atoms with Crippen molar-refractivity contribution >= 4 is 51.5 Å². The molecule has 0 aliphatic rings. The van der Waals surface area contributed by atoms with Crippen LogP contribution in [0.4, 0.5) is 5.13 Å². The topological polar surface area (TPSA) is 77.5 Å². The van der Waals surface area contributed by atoms with Crippen LogP contribution in [-0.4, -0.2) is 30.6 Å². The molecule has 2 rings (SSSR count). The van der Waals surface area contributed by atoms with Gasteiger partial charge in [-0.15, -0.1) is 11.3 Å². The minimum Gasteiger partial charge on any atom is -0.494 e. The molecule has 128 valence electrons. The van der Waals surface area contributed by atoms with Gasteiger partial charge in [-0.25, -0.2) is 4.98 Å². The van der Waals surface area contributed by atoms with E-state index in [9.17, 15) is 9.59 Å². The number of amides is 1. The number of anilines is 1. The number of nitrogens with zero attached hydrogens (tertiary/aromatic N) is 1. The molecule has 0 spiro atoms. The monoisotopic (exact) mass is 388 g/mol. The summed E-state index contributed by atoms with van der Waals surface area (Å²) in [5.74, 6) is -0.478. The van der Waals surface area contributed by atoms with Gasteiger partial charge in [0.1, 0.15) is 0 Å². The molecule has 1 N–H and O–H groups in total. The Morgan fingerprint density at radius 3 is 2.54 bits per heavy atom. The zero-order valence-electron chi connectivity index (χ0n) is 12.9. The van der Waals surface area contributed by atoms with E-state index in [2.05, 4.69) is 10.3 Å². The van der Waals surface area contributed by atoms with E-state index in [1.54, 1.807) is 12.3 Å². The summed E-state index contributed by atoms with van der Waals surface area (Å²) in [5.41, 5.74) is 0.799. The number of ether oxygens (including phenoxy) is 2. The van der Waals surface area contributed by atoms with Crippen molar-refractivity contribution in [2.75, 3.05) is 19.0 Å². The van der Waals surface area contributed by atoms with Crippen molar-refractivity contribution in [1.82, 2.24) is 4.98 Å². The van der Waals surface area contributed by atoms with Crippen LogP contribution in [0.3, 0.4) is 0 Å². The molecule has 2 aromatic rings. The van der Waals surface area contributed by atoms with Crippen molar-refractivity contribution < 1.29 is 19.1 Å². The quantitative estimate of drug-likeness (QED) is 0.761. The molecule has 1 aromatic carbocycles. The van der Waals surface area contributed by atoms with E-state index in [1.165, 1.54) is 30.6 Å². The molecule has 0 fully saturated rings. The Balaban J connectivity index is 2.08. The molecule has 0 radical (unpaired) electrons. The SMILES string of the molecule is CCOC(=O)Cc1csc(NC(=O)c2cc(Cl)c(OC)c(Cl)c2)n1. The lowest BCUT2D eigenvalue weighted by Gasteiger charge is -2.08. The first-order chi connectivity index (χ1) is 11.4. The number of hydrogen-bond donors (Lipinski definition) is 1. The average molecular weight is 389 g/mol. The highest BCUT2D eigenvalue weighted by atomic mass is 35.5. The first-order valence-corrected chi connectivity index (χ1v) is 8.52. The fraction of sp³-hybridized carbons (Fsp3) is 0.267. The Kier molecular flexibility index (Phi) is 6.42. The van der Waals surface area contributed by atoms with Gasteiger partial charge in [-0.2, -0.15) is 0 Å². The molecule has 0 atom stereocenters. The average Bonchev–Trinajstić information content (AvgIpc) is 2.94. The summed E-state index contributed by atoms with van der Waals surface area (Å²) < 4.78 is 9.89. The van der Waals surface area contributed by atoms with E-state index in [-0.39, 0.29) is 28.0 Å². The minimum atomic E-state index is -0.418. The lowest BCUT2D eigenvalue weighted by molar-refractivity contribution is -0.142. The number of aromatic nitrogens is 1. The summed E-state index contributed by atoms with van der Waals surface area (Å²) in [4.78, 5) is 27.8. The fourth-order valence-electron chi connectivity index (χ4n) is 1.86. The van der Waals surface area contributed by atoms with Gasteiger partial charge in [0.25, 0.3) is 5.91 Å². The predicted octanol–water partition coefficient (Wildman–Crippen LogP) is 3.82. The fourth-order valence-corrected chi connectivity index (χ4v) is 3.21. The van der Waals surface area contributed by atoms with Gasteiger partial charge in [0.2, 0.25) is 0 Å². The number of carbonyl (C=O) groups is 2. The number of thiazole rings is 1. The van der Waals surface area contributed by atoms with Crippen molar-refractivity contribution in [2.24, 2.45) is 0 Å².